The normalized spacial score (nSPS) is 10.3. The van der Waals surface area contributed by atoms with E-state index in [1.807, 2.05) is 0 Å². The molecule has 0 atom stereocenters. The maximum Gasteiger partial charge on any atom is 0.306 e. The van der Waals surface area contributed by atoms with Gasteiger partial charge in [0.25, 0.3) is 0 Å². The first-order chi connectivity index (χ1) is 7.61. The monoisotopic (exact) mass is 216 g/mol. The van der Waals surface area contributed by atoms with E-state index in [0.717, 1.165) is 0 Å². The minimum absolute atomic E-state index is 0.0937. The third-order valence-electron chi connectivity index (χ3n) is 2.31. The molecule has 0 spiro atoms. The third-order valence-corrected chi connectivity index (χ3v) is 2.31. The summed E-state index contributed by atoms with van der Waals surface area (Å²) in [4.78, 5) is 25.6. The number of fused-ring (bicyclic) bond motifs is 1. The standard InChI is InChI=1S/C11H8N2O3/c1-7(14)9-5-4-8-3-2-6-12-10(8)11(9)13(15)16/h2-6H,1H3. The van der Waals surface area contributed by atoms with Gasteiger partial charge in [0.05, 0.1) is 10.5 Å². The van der Waals surface area contributed by atoms with Crippen molar-refractivity contribution in [2.45, 2.75) is 6.92 Å². The van der Waals surface area contributed by atoms with Crippen molar-refractivity contribution in [3.63, 3.8) is 0 Å². The zero-order valence-corrected chi connectivity index (χ0v) is 8.51. The van der Waals surface area contributed by atoms with Gasteiger partial charge in [-0.25, -0.2) is 4.98 Å². The van der Waals surface area contributed by atoms with Crippen LogP contribution in [0.5, 0.6) is 0 Å². The van der Waals surface area contributed by atoms with Gasteiger partial charge in [-0.05, 0) is 19.1 Å². The fraction of sp³-hybridized carbons (Fsp3) is 0.0909. The van der Waals surface area contributed by atoms with Gasteiger partial charge in [0.15, 0.2) is 5.78 Å². The van der Waals surface area contributed by atoms with Crippen LogP contribution in [-0.4, -0.2) is 15.7 Å². The number of Topliss-reactive ketones (excluding diaryl/α,β-unsaturated/α-hetero) is 1. The molecular weight excluding hydrogens is 208 g/mol. The zero-order chi connectivity index (χ0) is 11.7. The number of carbonyl (C=O) groups excluding carboxylic acids is 1. The van der Waals surface area contributed by atoms with E-state index in [1.54, 1.807) is 18.2 Å². The van der Waals surface area contributed by atoms with E-state index < -0.39 is 4.92 Å². The lowest BCUT2D eigenvalue weighted by Gasteiger charge is -2.02. The largest absolute Gasteiger partial charge is 0.306 e. The Morgan fingerprint density at radius 1 is 1.38 bits per heavy atom. The van der Waals surface area contributed by atoms with Crippen molar-refractivity contribution in [3.05, 3.63) is 46.1 Å². The molecule has 0 unspecified atom stereocenters. The van der Waals surface area contributed by atoms with Crippen molar-refractivity contribution in [2.75, 3.05) is 0 Å². The van der Waals surface area contributed by atoms with Gasteiger partial charge in [0, 0.05) is 11.6 Å². The minimum Gasteiger partial charge on any atom is -0.294 e. The second-order valence-corrected chi connectivity index (χ2v) is 3.35. The summed E-state index contributed by atoms with van der Waals surface area (Å²) in [6.45, 7) is 1.30. The Morgan fingerprint density at radius 3 is 2.75 bits per heavy atom. The third kappa shape index (κ3) is 1.52. The van der Waals surface area contributed by atoms with Crippen molar-refractivity contribution in [1.82, 2.24) is 4.98 Å². The number of ketones is 1. The molecule has 1 heterocycles. The van der Waals surface area contributed by atoms with Crippen molar-refractivity contribution < 1.29 is 9.72 Å². The first kappa shape index (κ1) is 10.2. The molecule has 0 saturated heterocycles. The molecule has 0 amide bonds. The van der Waals surface area contributed by atoms with Gasteiger partial charge in [0.1, 0.15) is 5.52 Å². The van der Waals surface area contributed by atoms with E-state index in [-0.39, 0.29) is 22.6 Å². The molecule has 5 nitrogen and oxygen atoms in total. The molecule has 0 fully saturated rings. The molecule has 0 radical (unpaired) electrons. The van der Waals surface area contributed by atoms with Crippen LogP contribution in [0.25, 0.3) is 10.9 Å². The lowest BCUT2D eigenvalue weighted by atomic mass is 10.1. The smallest absolute Gasteiger partial charge is 0.294 e. The van der Waals surface area contributed by atoms with Gasteiger partial charge in [-0.15, -0.1) is 0 Å². The number of carbonyl (C=O) groups is 1. The number of benzene rings is 1. The van der Waals surface area contributed by atoms with Crippen LogP contribution >= 0.6 is 0 Å². The highest BCUT2D eigenvalue weighted by Gasteiger charge is 2.21. The second kappa shape index (κ2) is 3.69. The first-order valence-corrected chi connectivity index (χ1v) is 4.64. The fourth-order valence-corrected chi connectivity index (χ4v) is 1.60. The number of nitro benzene ring substituents is 1. The summed E-state index contributed by atoms with van der Waals surface area (Å²) < 4.78 is 0. The van der Waals surface area contributed by atoms with Crippen molar-refractivity contribution in [2.24, 2.45) is 0 Å². The SMILES string of the molecule is CC(=O)c1ccc2cccnc2c1[N+](=O)[O-]. The lowest BCUT2D eigenvalue weighted by molar-refractivity contribution is -0.383. The quantitative estimate of drug-likeness (QED) is 0.438. The topological polar surface area (TPSA) is 73.1 Å². The molecule has 0 aliphatic rings. The summed E-state index contributed by atoms with van der Waals surface area (Å²) >= 11 is 0. The molecule has 0 aliphatic heterocycles. The molecule has 0 bridgehead atoms. The minimum atomic E-state index is -0.563. The van der Waals surface area contributed by atoms with Gasteiger partial charge in [-0.1, -0.05) is 12.1 Å². The molecule has 2 aromatic rings. The van der Waals surface area contributed by atoms with Gasteiger partial charge in [-0.3, -0.25) is 14.9 Å². The van der Waals surface area contributed by atoms with E-state index in [2.05, 4.69) is 4.98 Å². The Hall–Kier alpha value is -2.30. The molecule has 5 heteroatoms. The van der Waals surface area contributed by atoms with Crippen LogP contribution in [0, 0.1) is 10.1 Å². The van der Waals surface area contributed by atoms with Crippen molar-refractivity contribution in [3.8, 4) is 0 Å². The Bertz CT molecular complexity index is 593. The average Bonchev–Trinajstić information content (AvgIpc) is 2.27. The Kier molecular flexibility index (Phi) is 2.36. The van der Waals surface area contributed by atoms with Crippen LogP contribution in [-0.2, 0) is 0 Å². The predicted octanol–water partition coefficient (Wildman–Crippen LogP) is 2.35. The van der Waals surface area contributed by atoms with Gasteiger partial charge >= 0.3 is 5.69 Å². The maximum atomic E-state index is 11.3. The summed E-state index contributed by atoms with van der Waals surface area (Å²) in [7, 11) is 0. The molecule has 80 valence electrons. The van der Waals surface area contributed by atoms with E-state index in [4.69, 9.17) is 0 Å². The molecule has 1 aromatic heterocycles. The predicted molar refractivity (Wildman–Crippen MR) is 58.4 cm³/mol. The van der Waals surface area contributed by atoms with Crippen LogP contribution in [0.15, 0.2) is 30.5 Å². The summed E-state index contributed by atoms with van der Waals surface area (Å²) in [6, 6.07) is 6.54. The Morgan fingerprint density at radius 2 is 2.12 bits per heavy atom. The zero-order valence-electron chi connectivity index (χ0n) is 8.51. The number of aromatic nitrogens is 1. The lowest BCUT2D eigenvalue weighted by Crippen LogP contribution is -2.01. The number of pyridine rings is 1. The van der Waals surface area contributed by atoms with Gasteiger partial charge < -0.3 is 0 Å². The summed E-state index contributed by atoms with van der Waals surface area (Å²) in [6.07, 6.45) is 1.47. The highest BCUT2D eigenvalue weighted by molar-refractivity contribution is 6.04. The van der Waals surface area contributed by atoms with Crippen molar-refractivity contribution >= 4 is 22.4 Å². The maximum absolute atomic E-state index is 11.3. The van der Waals surface area contributed by atoms with Crippen LogP contribution in [0.1, 0.15) is 17.3 Å². The molecule has 16 heavy (non-hydrogen) atoms. The Labute approximate surface area is 90.9 Å². The van der Waals surface area contributed by atoms with Crippen molar-refractivity contribution in [1.29, 1.82) is 0 Å². The summed E-state index contributed by atoms with van der Waals surface area (Å²) in [5.74, 6) is -0.334. The average molecular weight is 216 g/mol. The molecule has 0 aliphatic carbocycles. The van der Waals surface area contributed by atoms with E-state index in [9.17, 15) is 14.9 Å². The van der Waals surface area contributed by atoms with Crippen LogP contribution in [0.2, 0.25) is 0 Å². The molecule has 2 rings (SSSR count). The molecular formula is C11H8N2O3. The van der Waals surface area contributed by atoms with E-state index >= 15 is 0 Å². The van der Waals surface area contributed by atoms with Crippen LogP contribution in [0.4, 0.5) is 5.69 Å². The first-order valence-electron chi connectivity index (χ1n) is 4.64. The van der Waals surface area contributed by atoms with Crippen LogP contribution in [0.3, 0.4) is 0 Å². The summed E-state index contributed by atoms with van der Waals surface area (Å²) in [5, 5.41) is 11.6. The number of nitrogens with zero attached hydrogens (tertiary/aromatic N) is 2. The van der Waals surface area contributed by atoms with Gasteiger partial charge in [0.2, 0.25) is 0 Å². The number of rotatable bonds is 2. The molecule has 0 N–H and O–H groups in total. The number of nitro groups is 1. The number of hydrogen-bond donors (Lipinski definition) is 0. The number of hydrogen-bond acceptors (Lipinski definition) is 4. The highest BCUT2D eigenvalue weighted by atomic mass is 16.6. The van der Waals surface area contributed by atoms with Gasteiger partial charge in [-0.2, -0.15) is 0 Å². The van der Waals surface area contributed by atoms with Crippen LogP contribution < -0.4 is 0 Å². The summed E-state index contributed by atoms with van der Waals surface area (Å²) in [5.41, 5.74) is 0.127. The molecule has 0 saturated carbocycles. The highest BCUT2D eigenvalue weighted by Crippen LogP contribution is 2.27. The molecule has 1 aromatic carbocycles. The van der Waals surface area contributed by atoms with E-state index in [1.165, 1.54) is 19.2 Å². The fourth-order valence-electron chi connectivity index (χ4n) is 1.60. The van der Waals surface area contributed by atoms with E-state index in [0.29, 0.717) is 5.39 Å². The second-order valence-electron chi connectivity index (χ2n) is 3.35. The Balaban J connectivity index is 2.90.